The lowest BCUT2D eigenvalue weighted by molar-refractivity contribution is -0.121. The third-order valence-electron chi connectivity index (χ3n) is 3.27. The number of rotatable bonds is 4. The van der Waals surface area contributed by atoms with Crippen LogP contribution >= 0.6 is 0 Å². The number of amides is 3. The van der Waals surface area contributed by atoms with Crippen molar-refractivity contribution in [3.63, 3.8) is 0 Å². The fourth-order valence-corrected chi connectivity index (χ4v) is 2.36. The van der Waals surface area contributed by atoms with Gasteiger partial charge >= 0.3 is 6.03 Å². The number of urea groups is 1. The molecule has 1 rings (SSSR count). The molecule has 0 aromatic carbocycles. The molecule has 124 valence electrons. The van der Waals surface area contributed by atoms with Crippen LogP contribution in [-0.4, -0.2) is 33.8 Å². The second kappa shape index (κ2) is 6.81. The Labute approximate surface area is 131 Å². The summed E-state index contributed by atoms with van der Waals surface area (Å²) in [5, 5.41) is 12.5. The first kappa shape index (κ1) is 18.0. The number of nitrogens with zero attached hydrogens (tertiary/aromatic N) is 2. The van der Waals surface area contributed by atoms with Crippen LogP contribution < -0.4 is 16.0 Å². The third-order valence-corrected chi connectivity index (χ3v) is 3.27. The molecule has 1 aromatic rings. The zero-order valence-electron chi connectivity index (χ0n) is 14.5. The minimum absolute atomic E-state index is 0.0547. The van der Waals surface area contributed by atoms with Crippen LogP contribution in [0.4, 0.5) is 4.79 Å². The zero-order chi connectivity index (χ0) is 17.1. The first-order valence-corrected chi connectivity index (χ1v) is 7.36. The van der Waals surface area contributed by atoms with E-state index in [1.807, 2.05) is 48.6 Å². The van der Waals surface area contributed by atoms with Crippen molar-refractivity contribution in [2.75, 3.05) is 6.54 Å². The molecule has 0 aliphatic heterocycles. The molecule has 0 aliphatic carbocycles. The summed E-state index contributed by atoms with van der Waals surface area (Å²) in [5.41, 5.74) is 2.58. The van der Waals surface area contributed by atoms with Crippen LogP contribution in [0.25, 0.3) is 0 Å². The monoisotopic (exact) mass is 309 g/mol. The highest BCUT2D eigenvalue weighted by atomic mass is 16.2. The van der Waals surface area contributed by atoms with Gasteiger partial charge in [0.2, 0.25) is 5.91 Å². The van der Waals surface area contributed by atoms with E-state index in [0.717, 1.165) is 17.0 Å². The summed E-state index contributed by atoms with van der Waals surface area (Å²) in [5.74, 6) is -0.218. The molecule has 0 bridgehead atoms. The lowest BCUT2D eigenvalue weighted by atomic mass is 10.1. The van der Waals surface area contributed by atoms with Crippen molar-refractivity contribution in [2.24, 2.45) is 7.05 Å². The first-order chi connectivity index (χ1) is 10.0. The normalized spacial score (nSPS) is 12.7. The summed E-state index contributed by atoms with van der Waals surface area (Å²) < 4.78 is 1.79. The molecule has 0 unspecified atom stereocenters. The van der Waals surface area contributed by atoms with Crippen molar-refractivity contribution in [3.05, 3.63) is 17.0 Å². The van der Waals surface area contributed by atoms with Gasteiger partial charge in [0.15, 0.2) is 0 Å². The number of aromatic nitrogens is 2. The van der Waals surface area contributed by atoms with Gasteiger partial charge in [0.25, 0.3) is 0 Å². The molecular weight excluding hydrogens is 282 g/mol. The lowest BCUT2D eigenvalue weighted by Crippen LogP contribution is -2.47. The van der Waals surface area contributed by atoms with E-state index in [2.05, 4.69) is 21.0 Å². The molecule has 0 radical (unpaired) electrons. The van der Waals surface area contributed by atoms with Gasteiger partial charge in [0.1, 0.15) is 0 Å². The third kappa shape index (κ3) is 5.05. The number of carbonyl (C=O) groups is 2. The van der Waals surface area contributed by atoms with E-state index in [0.29, 0.717) is 0 Å². The second-order valence-corrected chi connectivity index (χ2v) is 6.55. The number of carbonyl (C=O) groups excluding carboxylic acids is 2. The number of nitrogens with one attached hydrogen (secondary N) is 3. The lowest BCUT2D eigenvalue weighted by Gasteiger charge is -2.21. The SMILES string of the molecule is Cc1nn(C)c(C)c1[C@@H](C)NC(=O)NCC(=O)NC(C)(C)C. The molecule has 1 heterocycles. The van der Waals surface area contributed by atoms with E-state index in [9.17, 15) is 9.59 Å². The molecule has 7 heteroatoms. The van der Waals surface area contributed by atoms with Gasteiger partial charge in [-0.15, -0.1) is 0 Å². The van der Waals surface area contributed by atoms with Crippen LogP contribution in [-0.2, 0) is 11.8 Å². The Kier molecular flexibility index (Phi) is 5.57. The Morgan fingerprint density at radius 1 is 1.27 bits per heavy atom. The molecular formula is C15H27N5O2. The minimum atomic E-state index is -0.376. The van der Waals surface area contributed by atoms with Crippen LogP contribution in [0.2, 0.25) is 0 Å². The summed E-state index contributed by atoms with van der Waals surface area (Å²) in [6.45, 7) is 11.4. The maximum absolute atomic E-state index is 11.9. The van der Waals surface area contributed by atoms with Gasteiger partial charge in [-0.25, -0.2) is 4.79 Å². The molecule has 0 spiro atoms. The average molecular weight is 309 g/mol. The van der Waals surface area contributed by atoms with Crippen LogP contribution in [0.15, 0.2) is 0 Å². The molecule has 1 atom stereocenters. The Balaban J connectivity index is 2.53. The summed E-state index contributed by atoms with van der Waals surface area (Å²) in [6.07, 6.45) is 0. The van der Waals surface area contributed by atoms with Crippen LogP contribution in [0.3, 0.4) is 0 Å². The maximum Gasteiger partial charge on any atom is 0.315 e. The smallest absolute Gasteiger partial charge is 0.315 e. The van der Waals surface area contributed by atoms with Crippen molar-refractivity contribution < 1.29 is 9.59 Å². The summed E-state index contributed by atoms with van der Waals surface area (Å²) in [6, 6.07) is -0.557. The van der Waals surface area contributed by atoms with Gasteiger partial charge in [-0.1, -0.05) is 0 Å². The summed E-state index contributed by atoms with van der Waals surface area (Å²) >= 11 is 0. The van der Waals surface area contributed by atoms with E-state index in [-0.39, 0.29) is 30.1 Å². The Hall–Kier alpha value is -2.05. The molecule has 0 fully saturated rings. The van der Waals surface area contributed by atoms with Crippen molar-refractivity contribution >= 4 is 11.9 Å². The first-order valence-electron chi connectivity index (χ1n) is 7.36. The average Bonchev–Trinajstić information content (AvgIpc) is 2.58. The predicted octanol–water partition coefficient (Wildman–Crippen LogP) is 1.31. The van der Waals surface area contributed by atoms with Crippen molar-refractivity contribution in [2.45, 2.75) is 53.1 Å². The topological polar surface area (TPSA) is 88.1 Å². The number of aryl methyl sites for hydroxylation is 2. The summed E-state index contributed by atoms with van der Waals surface area (Å²) in [4.78, 5) is 23.6. The molecule has 0 aliphatic rings. The van der Waals surface area contributed by atoms with Crippen LogP contribution in [0.5, 0.6) is 0 Å². The molecule has 3 N–H and O–H groups in total. The molecule has 22 heavy (non-hydrogen) atoms. The fraction of sp³-hybridized carbons (Fsp3) is 0.667. The van der Waals surface area contributed by atoms with E-state index in [4.69, 9.17) is 0 Å². The van der Waals surface area contributed by atoms with Gasteiger partial charge < -0.3 is 16.0 Å². The van der Waals surface area contributed by atoms with Gasteiger partial charge in [0.05, 0.1) is 18.3 Å². The Morgan fingerprint density at radius 2 is 1.86 bits per heavy atom. The molecule has 7 nitrogen and oxygen atoms in total. The highest BCUT2D eigenvalue weighted by molar-refractivity contribution is 5.84. The number of hydrogen-bond acceptors (Lipinski definition) is 3. The Bertz CT molecular complexity index is 557. The highest BCUT2D eigenvalue weighted by Gasteiger charge is 2.19. The molecule has 0 saturated heterocycles. The van der Waals surface area contributed by atoms with Gasteiger partial charge in [0, 0.05) is 23.8 Å². The maximum atomic E-state index is 11.9. The molecule has 0 saturated carbocycles. The van der Waals surface area contributed by atoms with E-state index < -0.39 is 0 Å². The predicted molar refractivity (Wildman–Crippen MR) is 85.5 cm³/mol. The largest absolute Gasteiger partial charge is 0.350 e. The van der Waals surface area contributed by atoms with E-state index in [1.54, 1.807) is 4.68 Å². The zero-order valence-corrected chi connectivity index (χ0v) is 14.5. The quantitative estimate of drug-likeness (QED) is 0.783. The minimum Gasteiger partial charge on any atom is -0.350 e. The molecule has 1 aromatic heterocycles. The fourth-order valence-electron chi connectivity index (χ4n) is 2.36. The van der Waals surface area contributed by atoms with Crippen LogP contribution in [0.1, 0.15) is 50.7 Å². The van der Waals surface area contributed by atoms with E-state index >= 15 is 0 Å². The van der Waals surface area contributed by atoms with Crippen molar-refractivity contribution in [1.29, 1.82) is 0 Å². The summed E-state index contributed by atoms with van der Waals surface area (Å²) in [7, 11) is 1.87. The van der Waals surface area contributed by atoms with E-state index in [1.165, 1.54) is 0 Å². The Morgan fingerprint density at radius 3 is 2.32 bits per heavy atom. The number of hydrogen-bond donors (Lipinski definition) is 3. The highest BCUT2D eigenvalue weighted by Crippen LogP contribution is 2.20. The van der Waals surface area contributed by atoms with Gasteiger partial charge in [-0.2, -0.15) is 5.10 Å². The van der Waals surface area contributed by atoms with Crippen molar-refractivity contribution in [3.8, 4) is 0 Å². The van der Waals surface area contributed by atoms with Gasteiger partial charge in [-0.3, -0.25) is 9.48 Å². The van der Waals surface area contributed by atoms with Crippen LogP contribution in [0, 0.1) is 13.8 Å². The standard InChI is InChI=1S/C15H27N5O2/c1-9(13-10(2)19-20(7)11(13)3)17-14(22)16-8-12(21)18-15(4,5)6/h9H,8H2,1-7H3,(H,18,21)(H2,16,17,22)/t9-/m1/s1. The molecule has 3 amide bonds. The van der Waals surface area contributed by atoms with Crippen molar-refractivity contribution in [1.82, 2.24) is 25.7 Å². The van der Waals surface area contributed by atoms with Gasteiger partial charge in [-0.05, 0) is 41.5 Å². The second-order valence-electron chi connectivity index (χ2n) is 6.55.